The van der Waals surface area contributed by atoms with Gasteiger partial charge < -0.3 is 0 Å². The van der Waals surface area contributed by atoms with Crippen LogP contribution in [0.5, 0.6) is 0 Å². The van der Waals surface area contributed by atoms with E-state index in [-0.39, 0.29) is 5.75 Å². The smallest absolute Gasteiger partial charge is 0.211 e. The average molecular weight is 365 g/mol. The molecule has 0 aliphatic rings. The normalized spacial score (nSPS) is 16.8. The molecule has 0 aliphatic carbocycles. The Morgan fingerprint density at radius 2 is 1.84 bits per heavy atom. The standard InChI is InChI=1S/C13H22BrNO2SSi/c1-11(12-5-7-13(14)8-6-12)15-18(16,17)9-10-19(2,3)4/h5-8,11,15H,9-10H2,1-4H3/i11D. The summed E-state index contributed by atoms with van der Waals surface area (Å²) in [5.74, 6) is 0.0910. The van der Waals surface area contributed by atoms with Gasteiger partial charge in [-0.15, -0.1) is 0 Å². The van der Waals surface area contributed by atoms with Gasteiger partial charge in [-0.1, -0.05) is 47.7 Å². The summed E-state index contributed by atoms with van der Waals surface area (Å²) >= 11 is 3.32. The van der Waals surface area contributed by atoms with Gasteiger partial charge in [0.15, 0.2) is 0 Å². The molecule has 0 saturated carbocycles. The molecule has 0 saturated heterocycles. The lowest BCUT2D eigenvalue weighted by Gasteiger charge is -2.18. The summed E-state index contributed by atoms with van der Waals surface area (Å²) in [6.45, 7) is 7.97. The predicted octanol–water partition coefficient (Wildman–Crippen LogP) is 3.77. The number of nitrogens with one attached hydrogen (secondary N) is 1. The molecule has 0 aromatic heterocycles. The van der Waals surface area contributed by atoms with E-state index in [2.05, 4.69) is 40.3 Å². The van der Waals surface area contributed by atoms with Crippen molar-refractivity contribution in [3.8, 4) is 0 Å². The highest BCUT2D eigenvalue weighted by Crippen LogP contribution is 2.18. The molecular weight excluding hydrogens is 342 g/mol. The Bertz CT molecular complexity index is 553. The summed E-state index contributed by atoms with van der Waals surface area (Å²) < 4.78 is 35.9. The molecule has 19 heavy (non-hydrogen) atoms. The van der Waals surface area contributed by atoms with E-state index in [0.29, 0.717) is 11.6 Å². The second-order valence-corrected chi connectivity index (χ2v) is 14.2. The molecular formula is C13H22BrNO2SSi. The van der Waals surface area contributed by atoms with Crippen molar-refractivity contribution in [1.29, 1.82) is 0 Å². The molecule has 6 heteroatoms. The van der Waals surface area contributed by atoms with E-state index in [1.54, 1.807) is 31.2 Å². The third-order valence-corrected chi connectivity index (χ3v) is 6.71. The molecule has 1 unspecified atom stereocenters. The Labute approximate surface area is 127 Å². The fraction of sp³-hybridized carbons (Fsp3) is 0.538. The van der Waals surface area contributed by atoms with Gasteiger partial charge in [0.1, 0.15) is 0 Å². The molecule has 0 spiro atoms. The highest BCUT2D eigenvalue weighted by molar-refractivity contribution is 9.10. The minimum atomic E-state index is -3.45. The maximum Gasteiger partial charge on any atom is 0.211 e. The van der Waals surface area contributed by atoms with Gasteiger partial charge in [-0.2, -0.15) is 0 Å². The molecule has 108 valence electrons. The largest absolute Gasteiger partial charge is 0.212 e. The maximum atomic E-state index is 12.1. The Morgan fingerprint density at radius 1 is 1.32 bits per heavy atom. The quantitative estimate of drug-likeness (QED) is 0.780. The first kappa shape index (κ1) is 15.2. The van der Waals surface area contributed by atoms with Gasteiger partial charge >= 0.3 is 0 Å². The molecule has 0 aliphatic heterocycles. The summed E-state index contributed by atoms with van der Waals surface area (Å²) in [5, 5.41) is 0. The molecule has 1 rings (SSSR count). The van der Waals surface area contributed by atoms with Crippen molar-refractivity contribution >= 4 is 34.0 Å². The summed E-state index contributed by atoms with van der Waals surface area (Å²) in [7, 11) is -4.86. The second-order valence-electron chi connectivity index (χ2n) is 5.86. The van der Waals surface area contributed by atoms with Gasteiger partial charge in [0, 0.05) is 18.6 Å². The van der Waals surface area contributed by atoms with Crippen LogP contribution in [-0.4, -0.2) is 22.2 Å². The van der Waals surface area contributed by atoms with Crippen molar-refractivity contribution < 1.29 is 9.79 Å². The van der Waals surface area contributed by atoms with Crippen molar-refractivity contribution in [3.63, 3.8) is 0 Å². The molecule has 0 radical (unpaired) electrons. The van der Waals surface area contributed by atoms with E-state index in [1.165, 1.54) is 0 Å². The van der Waals surface area contributed by atoms with Crippen LogP contribution in [0.15, 0.2) is 28.7 Å². The number of benzene rings is 1. The molecule has 1 N–H and O–H groups in total. The summed E-state index contributed by atoms with van der Waals surface area (Å²) in [6, 6.07) is 6.45. The number of sulfonamides is 1. The van der Waals surface area contributed by atoms with Crippen molar-refractivity contribution in [2.24, 2.45) is 0 Å². The molecule has 0 fully saturated rings. The Hall–Kier alpha value is -0.173. The zero-order valence-electron chi connectivity index (χ0n) is 12.8. The zero-order valence-corrected chi connectivity index (χ0v) is 15.2. The molecule has 1 atom stereocenters. The van der Waals surface area contributed by atoms with Crippen LogP contribution in [0, 0.1) is 0 Å². The molecule has 3 nitrogen and oxygen atoms in total. The molecule has 0 heterocycles. The van der Waals surface area contributed by atoms with E-state index in [1.807, 2.05) is 0 Å². The van der Waals surface area contributed by atoms with Gasteiger partial charge in [-0.25, -0.2) is 13.1 Å². The number of rotatable bonds is 6. The highest BCUT2D eigenvalue weighted by Gasteiger charge is 2.20. The van der Waals surface area contributed by atoms with E-state index in [9.17, 15) is 8.42 Å². The molecule has 0 amide bonds. The molecule has 1 aromatic carbocycles. The summed E-state index contributed by atoms with van der Waals surface area (Å²) in [6.07, 6.45) is 0. The van der Waals surface area contributed by atoms with Crippen molar-refractivity contribution in [2.75, 3.05) is 5.75 Å². The van der Waals surface area contributed by atoms with E-state index in [4.69, 9.17) is 1.37 Å². The van der Waals surface area contributed by atoms with Crippen LogP contribution in [0.4, 0.5) is 0 Å². The second kappa shape index (κ2) is 6.52. The fourth-order valence-electron chi connectivity index (χ4n) is 1.48. The number of halogens is 1. The third-order valence-electron chi connectivity index (χ3n) is 2.71. The van der Waals surface area contributed by atoms with Gasteiger partial charge in [-0.05, 0) is 30.7 Å². The Balaban J connectivity index is 2.82. The van der Waals surface area contributed by atoms with E-state index in [0.717, 1.165) is 4.47 Å². The topological polar surface area (TPSA) is 46.2 Å². The van der Waals surface area contributed by atoms with Crippen molar-refractivity contribution in [2.45, 2.75) is 38.6 Å². The maximum absolute atomic E-state index is 12.1. The van der Waals surface area contributed by atoms with E-state index < -0.39 is 24.1 Å². The van der Waals surface area contributed by atoms with Crippen LogP contribution in [0.2, 0.25) is 25.7 Å². The molecule has 1 aromatic rings. The Kier molecular flexibility index (Phi) is 5.22. The SMILES string of the molecule is [2H]C(C)(NS(=O)(=O)CC[Si](C)(C)C)c1ccc(Br)cc1. The lowest BCUT2D eigenvalue weighted by Crippen LogP contribution is -2.32. The lowest BCUT2D eigenvalue weighted by molar-refractivity contribution is 0.568. The van der Waals surface area contributed by atoms with Crippen molar-refractivity contribution in [3.05, 3.63) is 34.3 Å². The number of hydrogen-bond acceptors (Lipinski definition) is 2. The fourth-order valence-corrected chi connectivity index (χ4v) is 5.96. The first-order valence-corrected chi connectivity index (χ1v) is 12.3. The zero-order chi connectivity index (χ0) is 15.6. The third kappa shape index (κ3) is 6.69. The average Bonchev–Trinajstić information content (AvgIpc) is 2.25. The van der Waals surface area contributed by atoms with Crippen LogP contribution < -0.4 is 4.72 Å². The van der Waals surface area contributed by atoms with Crippen LogP contribution in [-0.2, 0) is 10.0 Å². The van der Waals surface area contributed by atoms with Crippen LogP contribution >= 0.6 is 15.9 Å². The van der Waals surface area contributed by atoms with Crippen LogP contribution in [0.25, 0.3) is 0 Å². The minimum absolute atomic E-state index is 0.0910. The first-order valence-electron chi connectivity index (χ1n) is 6.69. The first-order chi connectivity index (χ1) is 8.91. The Morgan fingerprint density at radius 3 is 2.32 bits per heavy atom. The van der Waals surface area contributed by atoms with Crippen molar-refractivity contribution in [1.82, 2.24) is 4.72 Å². The van der Waals surface area contributed by atoms with Gasteiger partial charge in [-0.3, -0.25) is 0 Å². The van der Waals surface area contributed by atoms with Gasteiger partial charge in [0.2, 0.25) is 10.0 Å². The van der Waals surface area contributed by atoms with Gasteiger partial charge in [0.25, 0.3) is 0 Å². The number of hydrogen-bond donors (Lipinski definition) is 1. The van der Waals surface area contributed by atoms with Gasteiger partial charge in [0.05, 0.1) is 7.12 Å². The predicted molar refractivity (Wildman–Crippen MR) is 87.6 cm³/mol. The molecule has 0 bridgehead atoms. The summed E-state index contributed by atoms with van der Waals surface area (Å²) in [5.41, 5.74) is 0.622. The lowest BCUT2D eigenvalue weighted by atomic mass is 10.1. The van der Waals surface area contributed by atoms with Crippen LogP contribution in [0.1, 0.15) is 19.9 Å². The van der Waals surface area contributed by atoms with Crippen LogP contribution in [0.3, 0.4) is 0 Å². The highest BCUT2D eigenvalue weighted by atomic mass is 79.9. The van der Waals surface area contributed by atoms with E-state index >= 15 is 0 Å². The minimum Gasteiger partial charge on any atom is -0.212 e. The monoisotopic (exact) mass is 364 g/mol. The summed E-state index contributed by atoms with van der Waals surface area (Å²) in [4.78, 5) is 0.